The van der Waals surface area contributed by atoms with E-state index in [1.807, 2.05) is 0 Å². The first-order valence-electron chi connectivity index (χ1n) is 3.91. The molecule has 0 aromatic rings. The summed E-state index contributed by atoms with van der Waals surface area (Å²) in [5.41, 5.74) is 0. The van der Waals surface area contributed by atoms with Crippen molar-refractivity contribution in [1.82, 2.24) is 4.57 Å². The van der Waals surface area contributed by atoms with Gasteiger partial charge in [0.05, 0.1) is 9.20 Å². The van der Waals surface area contributed by atoms with E-state index in [4.69, 9.17) is 11.1 Å². The van der Waals surface area contributed by atoms with Gasteiger partial charge >= 0.3 is 0 Å². The Kier molecular flexibility index (Phi) is 5.72. The maximum atomic E-state index is 5.84. The zero-order valence-electron chi connectivity index (χ0n) is 7.39. The molecular weight excluding hydrogens is 178 g/mol. The summed E-state index contributed by atoms with van der Waals surface area (Å²) in [6.07, 6.45) is 0. The molecule has 0 unspecified atom stereocenters. The number of rotatable bonds is 4. The van der Waals surface area contributed by atoms with Crippen molar-refractivity contribution in [3.63, 3.8) is 0 Å². The minimum absolute atomic E-state index is 0.0216. The van der Waals surface area contributed by atoms with Crippen molar-refractivity contribution >= 4 is 28.6 Å². The van der Waals surface area contributed by atoms with Crippen LogP contribution in [0.5, 0.6) is 0 Å². The normalized spacial score (nSPS) is 14.4. The predicted molar refractivity (Wildman–Crippen MR) is 55.1 cm³/mol. The van der Waals surface area contributed by atoms with Crippen LogP contribution in [-0.4, -0.2) is 34.2 Å². The Morgan fingerprint density at radius 3 is 1.60 bits per heavy atom. The van der Waals surface area contributed by atoms with Gasteiger partial charge in [0.25, 0.3) is 0 Å². The molecule has 0 aromatic carbocycles. The maximum absolute atomic E-state index is 5.84. The van der Waals surface area contributed by atoms with E-state index < -0.39 is 0 Å². The van der Waals surface area contributed by atoms with Crippen molar-refractivity contribution < 1.29 is 0 Å². The fourth-order valence-corrected chi connectivity index (χ4v) is 7.88. The highest BCUT2D eigenvalue weighted by Gasteiger charge is 2.11. The molecule has 0 saturated carbocycles. The van der Waals surface area contributed by atoms with Crippen molar-refractivity contribution in [3.8, 4) is 0 Å². The summed E-state index contributed by atoms with van der Waals surface area (Å²) in [5, 5.41) is 0. The lowest BCUT2D eigenvalue weighted by Crippen LogP contribution is -2.41. The second-order valence-electron chi connectivity index (χ2n) is 3.11. The topological polar surface area (TPSA) is 3.24 Å². The van der Waals surface area contributed by atoms with E-state index in [0.717, 1.165) is 0 Å². The third kappa shape index (κ3) is 3.76. The van der Waals surface area contributed by atoms with Gasteiger partial charge in [-0.15, -0.1) is 0 Å². The summed E-state index contributed by atoms with van der Waals surface area (Å²) in [5.74, 6) is 0. The first-order chi connectivity index (χ1) is 4.59. The first kappa shape index (κ1) is 10.7. The van der Waals surface area contributed by atoms with E-state index in [2.05, 4.69) is 32.3 Å². The molecule has 0 N–H and O–H groups in total. The molecule has 62 valence electrons. The van der Waals surface area contributed by atoms with Crippen LogP contribution in [0.1, 0.15) is 27.7 Å². The average molecular weight is 196 g/mol. The van der Waals surface area contributed by atoms with Gasteiger partial charge in [-0.1, -0.05) is 27.7 Å². The Morgan fingerprint density at radius 2 is 1.50 bits per heavy atom. The Labute approximate surface area is 73.3 Å². The van der Waals surface area contributed by atoms with Gasteiger partial charge in [0, 0.05) is 0 Å². The van der Waals surface area contributed by atoms with Crippen LogP contribution in [0.4, 0.5) is 0 Å². The van der Waals surface area contributed by atoms with Gasteiger partial charge in [-0.25, -0.2) is 0 Å². The van der Waals surface area contributed by atoms with E-state index in [1.54, 1.807) is 0 Å². The van der Waals surface area contributed by atoms with E-state index in [-0.39, 0.29) is 17.5 Å². The molecular formula is C6H18ClNSi2. The molecule has 0 fully saturated rings. The van der Waals surface area contributed by atoms with Gasteiger partial charge in [0.2, 0.25) is 0 Å². The summed E-state index contributed by atoms with van der Waals surface area (Å²) < 4.78 is 2.58. The van der Waals surface area contributed by atoms with Crippen LogP contribution in [0.25, 0.3) is 0 Å². The van der Waals surface area contributed by atoms with Gasteiger partial charge in [-0.3, -0.25) is 0 Å². The minimum Gasteiger partial charge on any atom is -0.326 e. The van der Waals surface area contributed by atoms with Crippen LogP contribution in [0.2, 0.25) is 0 Å². The van der Waals surface area contributed by atoms with Crippen LogP contribution < -0.4 is 0 Å². The van der Waals surface area contributed by atoms with Gasteiger partial charge in [0.15, 0.2) is 0 Å². The van der Waals surface area contributed by atoms with Crippen LogP contribution >= 0.6 is 11.1 Å². The van der Waals surface area contributed by atoms with Crippen LogP contribution in [0.3, 0.4) is 0 Å². The Balaban J connectivity index is 3.73. The lowest BCUT2D eigenvalue weighted by molar-refractivity contribution is 0.317. The molecule has 0 aliphatic carbocycles. The Bertz CT molecular complexity index is 79.8. The third-order valence-electron chi connectivity index (χ3n) is 1.67. The van der Waals surface area contributed by atoms with Crippen molar-refractivity contribution in [2.24, 2.45) is 0 Å². The maximum Gasteiger partial charge on any atom is 0.127 e. The molecule has 0 bridgehead atoms. The lowest BCUT2D eigenvalue weighted by atomic mass is 10.3. The monoisotopic (exact) mass is 195 g/mol. The zero-order chi connectivity index (χ0) is 8.15. The van der Waals surface area contributed by atoms with E-state index in [9.17, 15) is 0 Å². The van der Waals surface area contributed by atoms with Crippen molar-refractivity contribution in [2.75, 3.05) is 0 Å². The highest BCUT2D eigenvalue weighted by atomic mass is 35.6. The number of halogens is 1. The Morgan fingerprint density at radius 1 is 1.10 bits per heavy atom. The zero-order valence-corrected chi connectivity index (χ0v) is 11.0. The molecule has 0 spiro atoms. The Hall–Kier alpha value is 0.684. The molecule has 0 saturated heterocycles. The predicted octanol–water partition coefficient (Wildman–Crippen LogP) is 0.427. The number of hydrogen-bond donors (Lipinski definition) is 0. The molecule has 1 nitrogen and oxygen atoms in total. The molecule has 0 aromatic heterocycles. The van der Waals surface area contributed by atoms with Crippen molar-refractivity contribution in [2.45, 2.75) is 39.8 Å². The molecule has 0 heterocycles. The minimum atomic E-state index is -0.182. The van der Waals surface area contributed by atoms with Crippen molar-refractivity contribution in [3.05, 3.63) is 0 Å². The van der Waals surface area contributed by atoms with Crippen molar-refractivity contribution in [1.29, 1.82) is 0 Å². The van der Waals surface area contributed by atoms with Gasteiger partial charge in [-0.05, 0) is 12.1 Å². The van der Waals surface area contributed by atoms with Crippen LogP contribution in [0.15, 0.2) is 0 Å². The SMILES string of the molecule is CC(C)N([SiH2][SiH2]Cl)C(C)C. The third-order valence-corrected chi connectivity index (χ3v) is 7.39. The van der Waals surface area contributed by atoms with Crippen LogP contribution in [0, 0.1) is 0 Å². The lowest BCUT2D eigenvalue weighted by Gasteiger charge is -2.29. The summed E-state index contributed by atoms with van der Waals surface area (Å²) in [6.45, 7) is 9.03. The van der Waals surface area contributed by atoms with E-state index in [1.165, 1.54) is 0 Å². The second kappa shape index (κ2) is 5.35. The standard InChI is InChI=1S/C6H18ClNSi2/c1-5(2)8(6(3)4)10-9-7/h5-6H,9-10H2,1-4H3. The molecule has 0 atom stereocenters. The smallest absolute Gasteiger partial charge is 0.127 e. The molecule has 0 radical (unpaired) electrons. The summed E-state index contributed by atoms with van der Waals surface area (Å²) in [4.78, 5) is 0. The molecule has 0 aliphatic heterocycles. The fourth-order valence-electron chi connectivity index (χ4n) is 1.21. The quantitative estimate of drug-likeness (QED) is 0.465. The van der Waals surface area contributed by atoms with E-state index >= 15 is 0 Å². The highest BCUT2D eigenvalue weighted by Crippen LogP contribution is 2.01. The van der Waals surface area contributed by atoms with Gasteiger partial charge < -0.3 is 4.57 Å². The van der Waals surface area contributed by atoms with Gasteiger partial charge in [-0.2, -0.15) is 11.1 Å². The van der Waals surface area contributed by atoms with E-state index in [0.29, 0.717) is 12.1 Å². The molecule has 4 heteroatoms. The fraction of sp³-hybridized carbons (Fsp3) is 1.00. The molecule has 0 aliphatic rings. The summed E-state index contributed by atoms with van der Waals surface area (Å²) in [7, 11) is -0.204. The molecule has 0 rings (SSSR count). The average Bonchev–Trinajstić information content (AvgIpc) is 1.81. The van der Waals surface area contributed by atoms with Gasteiger partial charge in [0.1, 0.15) is 8.35 Å². The number of hydrogen-bond acceptors (Lipinski definition) is 1. The summed E-state index contributed by atoms with van der Waals surface area (Å²) in [6, 6.07) is 1.41. The molecule has 10 heavy (non-hydrogen) atoms. The van der Waals surface area contributed by atoms with Crippen LogP contribution in [-0.2, 0) is 0 Å². The summed E-state index contributed by atoms with van der Waals surface area (Å²) >= 11 is 5.84. The molecule has 0 amide bonds. The highest BCUT2D eigenvalue weighted by molar-refractivity contribution is 7.25. The first-order valence-corrected chi connectivity index (χ1v) is 10.7. The second-order valence-corrected chi connectivity index (χ2v) is 10.5. The largest absolute Gasteiger partial charge is 0.326 e. The number of nitrogens with zero attached hydrogens (tertiary/aromatic N) is 1.